The maximum Gasteiger partial charge on any atom is 0.234 e. The van der Waals surface area contributed by atoms with E-state index in [9.17, 15) is 4.79 Å². The van der Waals surface area contributed by atoms with Crippen LogP contribution in [0, 0.1) is 20.8 Å². The van der Waals surface area contributed by atoms with Gasteiger partial charge in [-0.15, -0.1) is 16.8 Å². The number of anilines is 1. The number of benzene rings is 2. The highest BCUT2D eigenvalue weighted by molar-refractivity contribution is 7.99. The average molecular weight is 437 g/mol. The lowest BCUT2D eigenvalue weighted by atomic mass is 10.1. The second-order valence-corrected chi connectivity index (χ2v) is 8.36. The number of nitrogens with zero attached hydrogens (tertiary/aromatic N) is 3. The lowest BCUT2D eigenvalue weighted by Gasteiger charge is -2.16. The van der Waals surface area contributed by atoms with Crippen LogP contribution in [0.4, 0.5) is 5.69 Å². The van der Waals surface area contributed by atoms with Crippen LogP contribution in [0.15, 0.2) is 60.3 Å². The zero-order valence-electron chi connectivity index (χ0n) is 18.4. The number of aromatic nitrogens is 3. The molecule has 1 heterocycles. The van der Waals surface area contributed by atoms with Gasteiger partial charge in [-0.05, 0) is 56.5 Å². The molecule has 1 amide bonds. The molecule has 1 unspecified atom stereocenters. The quantitative estimate of drug-likeness (QED) is 0.366. The summed E-state index contributed by atoms with van der Waals surface area (Å²) < 4.78 is 8.00. The molecule has 6 nitrogen and oxygen atoms in total. The molecule has 0 aliphatic heterocycles. The first-order chi connectivity index (χ1) is 14.9. The van der Waals surface area contributed by atoms with Gasteiger partial charge in [0.05, 0.1) is 5.75 Å². The molecule has 3 aromatic rings. The van der Waals surface area contributed by atoms with Crippen LogP contribution in [-0.4, -0.2) is 26.4 Å². The second-order valence-electron chi connectivity index (χ2n) is 7.42. The van der Waals surface area contributed by atoms with Gasteiger partial charge in [0, 0.05) is 12.2 Å². The molecule has 1 N–H and O–H groups in total. The Morgan fingerprint density at radius 3 is 2.58 bits per heavy atom. The highest BCUT2D eigenvalue weighted by Gasteiger charge is 2.20. The third-order valence-corrected chi connectivity index (χ3v) is 5.77. The van der Waals surface area contributed by atoms with Gasteiger partial charge in [-0.25, -0.2) is 0 Å². The zero-order valence-corrected chi connectivity index (χ0v) is 19.2. The number of hydrogen-bond acceptors (Lipinski definition) is 5. The number of allylic oxidation sites excluding steroid dienone is 1. The topological polar surface area (TPSA) is 69.0 Å². The standard InChI is InChI=1S/C24H28N4O2S/c1-6-13-28-23(19(5)30-20-12-7-9-16(2)14-20)26-27-24(28)31-15-21(29)25-22-17(3)10-8-11-18(22)4/h6-12,14,19H,1,13,15H2,2-5H3,(H,25,29). The summed E-state index contributed by atoms with van der Waals surface area (Å²) in [6.45, 7) is 12.3. The van der Waals surface area contributed by atoms with Crippen molar-refractivity contribution in [1.29, 1.82) is 0 Å². The summed E-state index contributed by atoms with van der Waals surface area (Å²) in [5, 5.41) is 12.3. The number of carbonyl (C=O) groups is 1. The number of ether oxygens (including phenoxy) is 1. The van der Waals surface area contributed by atoms with Crippen molar-refractivity contribution >= 4 is 23.4 Å². The Labute approximate surface area is 187 Å². The molecule has 0 saturated carbocycles. The Hall–Kier alpha value is -3.06. The molecule has 0 bridgehead atoms. The minimum absolute atomic E-state index is 0.0823. The van der Waals surface area contributed by atoms with Gasteiger partial charge in [-0.2, -0.15) is 0 Å². The molecule has 0 spiro atoms. The monoisotopic (exact) mass is 436 g/mol. The Kier molecular flexibility index (Phi) is 7.52. The summed E-state index contributed by atoms with van der Waals surface area (Å²) in [6.07, 6.45) is 1.49. The molecule has 1 atom stereocenters. The summed E-state index contributed by atoms with van der Waals surface area (Å²) in [5.74, 6) is 1.62. The van der Waals surface area contributed by atoms with Crippen molar-refractivity contribution in [1.82, 2.24) is 14.8 Å². The van der Waals surface area contributed by atoms with Gasteiger partial charge in [-0.3, -0.25) is 9.36 Å². The SMILES string of the molecule is C=CCn1c(SCC(=O)Nc2c(C)cccc2C)nnc1C(C)Oc1cccc(C)c1. The molecule has 162 valence electrons. The predicted molar refractivity (Wildman–Crippen MR) is 126 cm³/mol. The third kappa shape index (κ3) is 5.76. The van der Waals surface area contributed by atoms with E-state index in [2.05, 4.69) is 22.1 Å². The number of rotatable bonds is 9. The molecular weight excluding hydrogens is 408 g/mol. The summed E-state index contributed by atoms with van der Waals surface area (Å²) in [7, 11) is 0. The van der Waals surface area contributed by atoms with Crippen LogP contribution < -0.4 is 10.1 Å². The van der Waals surface area contributed by atoms with E-state index in [0.717, 1.165) is 28.1 Å². The van der Waals surface area contributed by atoms with Crippen molar-refractivity contribution in [2.45, 2.75) is 45.5 Å². The number of nitrogens with one attached hydrogen (secondary N) is 1. The average Bonchev–Trinajstić information content (AvgIpc) is 3.12. The van der Waals surface area contributed by atoms with Crippen LogP contribution in [0.5, 0.6) is 5.75 Å². The number of para-hydroxylation sites is 1. The van der Waals surface area contributed by atoms with Gasteiger partial charge in [-0.1, -0.05) is 48.2 Å². The van der Waals surface area contributed by atoms with E-state index in [4.69, 9.17) is 4.74 Å². The number of aryl methyl sites for hydroxylation is 3. The molecule has 0 radical (unpaired) electrons. The summed E-state index contributed by atoms with van der Waals surface area (Å²) in [6, 6.07) is 13.8. The van der Waals surface area contributed by atoms with Crippen molar-refractivity contribution in [3.63, 3.8) is 0 Å². The highest BCUT2D eigenvalue weighted by Crippen LogP contribution is 2.26. The van der Waals surface area contributed by atoms with Crippen molar-refractivity contribution in [3.05, 3.63) is 77.6 Å². The van der Waals surface area contributed by atoms with Gasteiger partial charge in [0.25, 0.3) is 0 Å². The van der Waals surface area contributed by atoms with E-state index in [1.54, 1.807) is 6.08 Å². The van der Waals surface area contributed by atoms with Gasteiger partial charge in [0.15, 0.2) is 17.1 Å². The number of amides is 1. The molecule has 3 rings (SSSR count). The van der Waals surface area contributed by atoms with E-state index in [1.165, 1.54) is 11.8 Å². The maximum atomic E-state index is 12.5. The van der Waals surface area contributed by atoms with Crippen LogP contribution in [0.2, 0.25) is 0 Å². The molecule has 2 aromatic carbocycles. The number of hydrogen-bond donors (Lipinski definition) is 1. The van der Waals surface area contributed by atoms with Crippen LogP contribution >= 0.6 is 11.8 Å². The van der Waals surface area contributed by atoms with Gasteiger partial charge in [0.2, 0.25) is 5.91 Å². The number of carbonyl (C=O) groups excluding carboxylic acids is 1. The molecular formula is C24H28N4O2S. The van der Waals surface area contributed by atoms with Crippen LogP contribution in [0.1, 0.15) is 35.5 Å². The smallest absolute Gasteiger partial charge is 0.234 e. The summed E-state index contributed by atoms with van der Waals surface area (Å²) in [5.41, 5.74) is 4.07. The Balaban J connectivity index is 1.69. The van der Waals surface area contributed by atoms with E-state index in [0.29, 0.717) is 17.5 Å². The fourth-order valence-electron chi connectivity index (χ4n) is 3.27. The van der Waals surface area contributed by atoms with E-state index >= 15 is 0 Å². The predicted octanol–water partition coefficient (Wildman–Crippen LogP) is 5.26. The third-order valence-electron chi connectivity index (χ3n) is 4.80. The lowest BCUT2D eigenvalue weighted by molar-refractivity contribution is -0.113. The number of thioether (sulfide) groups is 1. The first-order valence-electron chi connectivity index (χ1n) is 10.1. The Bertz CT molecular complexity index is 1060. The van der Waals surface area contributed by atoms with Crippen LogP contribution in [0.3, 0.4) is 0 Å². The maximum absolute atomic E-state index is 12.5. The minimum atomic E-state index is -0.299. The van der Waals surface area contributed by atoms with E-state index in [-0.39, 0.29) is 17.8 Å². The van der Waals surface area contributed by atoms with E-state index in [1.807, 2.05) is 74.7 Å². The molecule has 0 aliphatic carbocycles. The fraction of sp³-hybridized carbons (Fsp3) is 0.292. The summed E-state index contributed by atoms with van der Waals surface area (Å²) in [4.78, 5) is 12.5. The van der Waals surface area contributed by atoms with Crippen molar-refractivity contribution < 1.29 is 9.53 Å². The van der Waals surface area contributed by atoms with Gasteiger partial charge >= 0.3 is 0 Å². The largest absolute Gasteiger partial charge is 0.483 e. The molecule has 0 saturated heterocycles. The molecule has 31 heavy (non-hydrogen) atoms. The van der Waals surface area contributed by atoms with Crippen molar-refractivity contribution in [2.75, 3.05) is 11.1 Å². The van der Waals surface area contributed by atoms with Crippen LogP contribution in [-0.2, 0) is 11.3 Å². The first-order valence-corrected chi connectivity index (χ1v) is 11.1. The van der Waals surface area contributed by atoms with Gasteiger partial charge in [0.1, 0.15) is 5.75 Å². The minimum Gasteiger partial charge on any atom is -0.483 e. The summed E-state index contributed by atoms with van der Waals surface area (Å²) >= 11 is 1.35. The molecule has 0 aliphatic rings. The molecule has 7 heteroatoms. The highest BCUT2D eigenvalue weighted by atomic mass is 32.2. The van der Waals surface area contributed by atoms with Crippen molar-refractivity contribution in [2.24, 2.45) is 0 Å². The fourth-order valence-corrected chi connectivity index (χ4v) is 4.03. The first kappa shape index (κ1) is 22.6. The normalized spacial score (nSPS) is 11.7. The van der Waals surface area contributed by atoms with E-state index < -0.39 is 0 Å². The second kappa shape index (κ2) is 10.3. The molecule has 0 fully saturated rings. The Morgan fingerprint density at radius 1 is 1.19 bits per heavy atom. The zero-order chi connectivity index (χ0) is 22.4. The lowest BCUT2D eigenvalue weighted by Crippen LogP contribution is -2.16. The molecule has 1 aromatic heterocycles. The van der Waals surface area contributed by atoms with Crippen molar-refractivity contribution in [3.8, 4) is 5.75 Å². The van der Waals surface area contributed by atoms with Gasteiger partial charge < -0.3 is 10.1 Å². The Morgan fingerprint density at radius 2 is 1.90 bits per heavy atom. The van der Waals surface area contributed by atoms with Crippen LogP contribution in [0.25, 0.3) is 0 Å².